The molecule has 0 aliphatic carbocycles. The highest BCUT2D eigenvalue weighted by Crippen LogP contribution is 2.32. The first-order valence-corrected chi connectivity index (χ1v) is 8.84. The lowest BCUT2D eigenvalue weighted by Gasteiger charge is -2.11. The Bertz CT molecular complexity index is 1050. The summed E-state index contributed by atoms with van der Waals surface area (Å²) < 4.78 is 3.05. The summed E-state index contributed by atoms with van der Waals surface area (Å²) in [7, 11) is 0. The Balaban J connectivity index is 1.84. The van der Waals surface area contributed by atoms with E-state index in [0.717, 1.165) is 21.6 Å². The van der Waals surface area contributed by atoms with Gasteiger partial charge in [-0.1, -0.05) is 49.6 Å². The number of halogens is 1. The lowest BCUT2D eigenvalue weighted by Crippen LogP contribution is -1.98. The summed E-state index contributed by atoms with van der Waals surface area (Å²) in [5.74, 6) is 0. The molecular weight excluding hydrogens is 372 g/mol. The zero-order valence-electron chi connectivity index (χ0n) is 13.7. The van der Waals surface area contributed by atoms with E-state index in [1.165, 1.54) is 21.8 Å². The number of para-hydroxylation sites is 2. The number of nitrogens with zero attached hydrogens (tertiary/aromatic N) is 1. The van der Waals surface area contributed by atoms with Gasteiger partial charge >= 0.3 is 0 Å². The number of hydrogen-bond acceptors (Lipinski definition) is 1. The molecule has 2 nitrogen and oxygen atoms in total. The van der Waals surface area contributed by atoms with Crippen molar-refractivity contribution in [2.75, 3.05) is 5.32 Å². The number of rotatable bonds is 4. The van der Waals surface area contributed by atoms with Crippen LogP contribution in [0.1, 0.15) is 0 Å². The first-order chi connectivity index (χ1) is 12.1. The molecule has 0 aliphatic heterocycles. The molecule has 1 N–H and O–H groups in total. The van der Waals surface area contributed by atoms with Gasteiger partial charge in [0.15, 0.2) is 0 Å². The summed E-state index contributed by atoms with van der Waals surface area (Å²) in [6, 6.07) is 25.4. The van der Waals surface area contributed by atoms with Crippen molar-refractivity contribution >= 4 is 43.4 Å². The molecular formula is C22H17BrN2. The summed E-state index contributed by atoms with van der Waals surface area (Å²) in [6.07, 6.45) is 0. The molecule has 0 unspecified atom stereocenters. The van der Waals surface area contributed by atoms with Crippen LogP contribution in [0.2, 0.25) is 0 Å². The Morgan fingerprint density at radius 3 is 1.80 bits per heavy atom. The molecule has 3 aromatic carbocycles. The third-order valence-electron chi connectivity index (χ3n) is 4.33. The van der Waals surface area contributed by atoms with Crippen LogP contribution in [-0.4, -0.2) is 4.57 Å². The average Bonchev–Trinajstić information content (AvgIpc) is 2.97. The maximum Gasteiger partial charge on any atom is 0.0541 e. The Hall–Kier alpha value is -2.78. The quantitative estimate of drug-likeness (QED) is 0.388. The first kappa shape index (κ1) is 15.7. The zero-order chi connectivity index (χ0) is 17.4. The van der Waals surface area contributed by atoms with E-state index in [4.69, 9.17) is 0 Å². The van der Waals surface area contributed by atoms with Gasteiger partial charge in [-0.2, -0.15) is 0 Å². The van der Waals surface area contributed by atoms with Crippen molar-refractivity contribution in [3.8, 4) is 5.69 Å². The van der Waals surface area contributed by atoms with Gasteiger partial charge in [0.2, 0.25) is 0 Å². The molecule has 4 aromatic rings. The zero-order valence-corrected chi connectivity index (χ0v) is 15.3. The van der Waals surface area contributed by atoms with Gasteiger partial charge in [-0.15, -0.1) is 0 Å². The van der Waals surface area contributed by atoms with E-state index >= 15 is 0 Å². The molecule has 0 saturated carbocycles. The molecule has 1 heterocycles. The number of aromatic nitrogens is 1. The number of anilines is 1. The van der Waals surface area contributed by atoms with E-state index in [1.807, 2.05) is 0 Å². The van der Waals surface area contributed by atoms with Crippen LogP contribution in [0.5, 0.6) is 0 Å². The predicted molar refractivity (Wildman–Crippen MR) is 112 cm³/mol. The van der Waals surface area contributed by atoms with Crippen molar-refractivity contribution in [2.45, 2.75) is 0 Å². The minimum absolute atomic E-state index is 0.749. The van der Waals surface area contributed by atoms with Crippen LogP contribution in [-0.2, 0) is 0 Å². The second-order valence-electron chi connectivity index (χ2n) is 5.93. The van der Waals surface area contributed by atoms with Gasteiger partial charge in [0.1, 0.15) is 0 Å². The smallest absolute Gasteiger partial charge is 0.0541 e. The summed E-state index contributed by atoms with van der Waals surface area (Å²) >= 11 is 3.34. The Morgan fingerprint density at radius 2 is 1.28 bits per heavy atom. The fraction of sp³-hybridized carbons (Fsp3) is 0. The normalized spacial score (nSPS) is 10.9. The second kappa shape index (κ2) is 6.26. The van der Waals surface area contributed by atoms with E-state index < -0.39 is 0 Å². The number of nitrogens with one attached hydrogen (secondary N) is 1. The van der Waals surface area contributed by atoms with Gasteiger partial charge in [0.05, 0.1) is 11.0 Å². The van der Waals surface area contributed by atoms with Crippen molar-refractivity contribution in [2.24, 2.45) is 0 Å². The minimum Gasteiger partial charge on any atom is -0.355 e. The molecule has 4 rings (SSSR count). The van der Waals surface area contributed by atoms with Gasteiger partial charge in [0, 0.05) is 32.3 Å². The van der Waals surface area contributed by atoms with Crippen LogP contribution in [0, 0.1) is 0 Å². The third-order valence-corrected chi connectivity index (χ3v) is 4.81. The van der Waals surface area contributed by atoms with Crippen LogP contribution < -0.4 is 5.32 Å². The highest BCUT2D eigenvalue weighted by molar-refractivity contribution is 9.11. The van der Waals surface area contributed by atoms with Crippen molar-refractivity contribution in [3.05, 3.63) is 96.1 Å². The van der Waals surface area contributed by atoms with Gasteiger partial charge in [-0.25, -0.2) is 0 Å². The molecule has 1 aromatic heterocycles. The first-order valence-electron chi connectivity index (χ1n) is 8.04. The molecule has 0 radical (unpaired) electrons. The van der Waals surface area contributed by atoms with Gasteiger partial charge < -0.3 is 9.88 Å². The number of allylic oxidation sites excluding steroid dienone is 1. The Labute approximate surface area is 155 Å². The average molecular weight is 389 g/mol. The molecule has 0 spiro atoms. The molecule has 0 saturated heterocycles. The fourth-order valence-corrected chi connectivity index (χ4v) is 3.24. The standard InChI is InChI=1S/C22H17BrN2/c1-15(23)16(2)24-17-11-13-18(14-12-17)25-21-9-5-3-7-19(21)20-8-4-6-10-22(20)25/h3-14,24H,1-2H2. The van der Waals surface area contributed by atoms with Gasteiger partial charge in [-0.05, 0) is 52.3 Å². The van der Waals surface area contributed by atoms with E-state index in [1.54, 1.807) is 0 Å². The van der Waals surface area contributed by atoms with E-state index in [2.05, 4.69) is 112 Å². The maximum absolute atomic E-state index is 3.94. The number of hydrogen-bond donors (Lipinski definition) is 1. The minimum atomic E-state index is 0.749. The van der Waals surface area contributed by atoms with Crippen LogP contribution >= 0.6 is 15.9 Å². The Morgan fingerprint density at radius 1 is 0.760 bits per heavy atom. The van der Waals surface area contributed by atoms with Crippen LogP contribution in [0.25, 0.3) is 27.5 Å². The Kier molecular flexibility index (Phi) is 3.94. The topological polar surface area (TPSA) is 17.0 Å². The highest BCUT2D eigenvalue weighted by atomic mass is 79.9. The number of fused-ring (bicyclic) bond motifs is 3. The number of benzene rings is 3. The SMILES string of the molecule is C=C(Br)C(=C)Nc1ccc(-n2c3ccccc3c3ccccc32)cc1. The molecule has 0 fully saturated rings. The molecule has 0 bridgehead atoms. The van der Waals surface area contributed by atoms with Crippen molar-refractivity contribution in [1.82, 2.24) is 4.57 Å². The summed E-state index contributed by atoms with van der Waals surface area (Å²) in [6.45, 7) is 7.77. The van der Waals surface area contributed by atoms with E-state index in [0.29, 0.717) is 0 Å². The largest absolute Gasteiger partial charge is 0.355 e. The maximum atomic E-state index is 3.94. The summed E-state index contributed by atoms with van der Waals surface area (Å²) in [5, 5.41) is 5.77. The van der Waals surface area contributed by atoms with Gasteiger partial charge in [-0.3, -0.25) is 0 Å². The lowest BCUT2D eigenvalue weighted by atomic mass is 10.2. The van der Waals surface area contributed by atoms with Crippen LogP contribution in [0.4, 0.5) is 5.69 Å². The van der Waals surface area contributed by atoms with Crippen molar-refractivity contribution in [1.29, 1.82) is 0 Å². The lowest BCUT2D eigenvalue weighted by molar-refractivity contribution is 1.18. The molecule has 122 valence electrons. The van der Waals surface area contributed by atoms with Crippen LogP contribution in [0.3, 0.4) is 0 Å². The monoisotopic (exact) mass is 388 g/mol. The third kappa shape index (κ3) is 2.77. The van der Waals surface area contributed by atoms with Crippen LogP contribution in [0.15, 0.2) is 96.1 Å². The molecule has 25 heavy (non-hydrogen) atoms. The summed E-state index contributed by atoms with van der Waals surface area (Å²) in [4.78, 5) is 0. The molecule has 0 amide bonds. The summed E-state index contributed by atoms with van der Waals surface area (Å²) in [5.41, 5.74) is 5.29. The van der Waals surface area contributed by atoms with E-state index in [-0.39, 0.29) is 0 Å². The predicted octanol–water partition coefficient (Wildman–Crippen LogP) is 6.62. The van der Waals surface area contributed by atoms with E-state index in [9.17, 15) is 0 Å². The molecule has 3 heteroatoms. The molecule has 0 aliphatic rings. The van der Waals surface area contributed by atoms with Crippen molar-refractivity contribution < 1.29 is 0 Å². The molecule has 0 atom stereocenters. The van der Waals surface area contributed by atoms with Gasteiger partial charge in [0.25, 0.3) is 0 Å². The van der Waals surface area contributed by atoms with Crippen molar-refractivity contribution in [3.63, 3.8) is 0 Å². The fourth-order valence-electron chi connectivity index (χ4n) is 3.14. The second-order valence-corrected chi connectivity index (χ2v) is 6.88. The highest BCUT2D eigenvalue weighted by Gasteiger charge is 2.11.